The molecule has 0 fully saturated rings. The molecule has 1 amide bonds. The molecule has 1 N–H and O–H groups in total. The van der Waals surface area contributed by atoms with Gasteiger partial charge in [0.05, 0.1) is 7.11 Å². The summed E-state index contributed by atoms with van der Waals surface area (Å²) in [6.45, 7) is 3.86. The number of nitrogens with one attached hydrogen (secondary N) is 1. The molecule has 24 heavy (non-hydrogen) atoms. The quantitative estimate of drug-likeness (QED) is 0.793. The van der Waals surface area contributed by atoms with Gasteiger partial charge in [-0.15, -0.1) is 10.2 Å². The summed E-state index contributed by atoms with van der Waals surface area (Å²) in [6, 6.07) is 13.0. The third-order valence-corrected chi connectivity index (χ3v) is 3.68. The Morgan fingerprint density at radius 3 is 2.33 bits per heavy atom. The number of hydrogen-bond acceptors (Lipinski definition) is 5. The van der Waals surface area contributed by atoms with E-state index < -0.39 is 5.91 Å². The predicted octanol–water partition coefficient (Wildman–Crippen LogP) is 3.61. The number of aromatic nitrogens is 2. The second-order valence-corrected chi connectivity index (χ2v) is 5.36. The Kier molecular flexibility index (Phi) is 4.29. The molecule has 0 spiro atoms. The largest absolute Gasteiger partial charge is 0.497 e. The third kappa shape index (κ3) is 3.12. The SMILES string of the molecule is COc1ccc(-c2nnc(C(=O)Nc3c(C)cccc3C)o2)cc1. The minimum atomic E-state index is -0.431. The van der Waals surface area contributed by atoms with Crippen LogP contribution in [0, 0.1) is 13.8 Å². The molecule has 6 nitrogen and oxygen atoms in total. The zero-order valence-electron chi connectivity index (χ0n) is 13.7. The van der Waals surface area contributed by atoms with E-state index in [1.165, 1.54) is 0 Å². The van der Waals surface area contributed by atoms with Gasteiger partial charge in [0.25, 0.3) is 0 Å². The molecule has 1 heterocycles. The lowest BCUT2D eigenvalue weighted by atomic mass is 10.1. The number of carbonyl (C=O) groups excluding carboxylic acids is 1. The van der Waals surface area contributed by atoms with Crippen molar-refractivity contribution >= 4 is 11.6 Å². The Hall–Kier alpha value is -3.15. The number of carbonyl (C=O) groups is 1. The number of hydrogen-bond donors (Lipinski definition) is 1. The number of benzene rings is 2. The molecule has 3 aromatic rings. The monoisotopic (exact) mass is 323 g/mol. The number of aryl methyl sites for hydroxylation is 2. The van der Waals surface area contributed by atoms with Crippen LogP contribution in [0.2, 0.25) is 0 Å². The molecular weight excluding hydrogens is 306 g/mol. The van der Waals surface area contributed by atoms with Gasteiger partial charge in [-0.2, -0.15) is 0 Å². The van der Waals surface area contributed by atoms with Crippen LogP contribution >= 0.6 is 0 Å². The highest BCUT2D eigenvalue weighted by Gasteiger charge is 2.17. The Balaban J connectivity index is 1.80. The molecule has 3 rings (SSSR count). The van der Waals surface area contributed by atoms with Gasteiger partial charge in [0.2, 0.25) is 5.89 Å². The zero-order chi connectivity index (χ0) is 17.1. The number of ether oxygens (including phenoxy) is 1. The van der Waals surface area contributed by atoms with Gasteiger partial charge in [0.15, 0.2) is 0 Å². The van der Waals surface area contributed by atoms with Gasteiger partial charge in [0, 0.05) is 11.3 Å². The van der Waals surface area contributed by atoms with Crippen molar-refractivity contribution in [2.24, 2.45) is 0 Å². The van der Waals surface area contributed by atoms with E-state index in [1.807, 2.05) is 32.0 Å². The van der Waals surface area contributed by atoms with Crippen LogP contribution in [-0.4, -0.2) is 23.2 Å². The van der Waals surface area contributed by atoms with Crippen molar-refractivity contribution in [3.05, 3.63) is 59.5 Å². The Morgan fingerprint density at radius 2 is 1.71 bits per heavy atom. The van der Waals surface area contributed by atoms with E-state index in [0.29, 0.717) is 0 Å². The van der Waals surface area contributed by atoms with Gasteiger partial charge in [-0.05, 0) is 49.2 Å². The normalized spacial score (nSPS) is 10.5. The summed E-state index contributed by atoms with van der Waals surface area (Å²) in [5, 5.41) is 10.6. The number of amides is 1. The molecule has 0 aliphatic carbocycles. The fourth-order valence-corrected chi connectivity index (χ4v) is 2.34. The molecule has 6 heteroatoms. The highest BCUT2D eigenvalue weighted by atomic mass is 16.5. The van der Waals surface area contributed by atoms with Crippen LogP contribution in [0.4, 0.5) is 5.69 Å². The smallest absolute Gasteiger partial charge is 0.313 e. The molecule has 0 aliphatic heterocycles. The summed E-state index contributed by atoms with van der Waals surface area (Å²) >= 11 is 0. The Morgan fingerprint density at radius 1 is 1.04 bits per heavy atom. The van der Waals surface area contributed by atoms with Crippen molar-refractivity contribution in [2.45, 2.75) is 13.8 Å². The van der Waals surface area contributed by atoms with E-state index >= 15 is 0 Å². The van der Waals surface area contributed by atoms with Gasteiger partial charge in [-0.1, -0.05) is 18.2 Å². The first-order chi connectivity index (χ1) is 11.6. The van der Waals surface area contributed by atoms with E-state index in [1.54, 1.807) is 31.4 Å². The Labute approximate surface area is 139 Å². The van der Waals surface area contributed by atoms with Crippen LogP contribution in [-0.2, 0) is 0 Å². The van der Waals surface area contributed by atoms with Crippen LogP contribution in [0.5, 0.6) is 5.75 Å². The average Bonchev–Trinajstić information content (AvgIpc) is 3.08. The number of rotatable bonds is 4. The van der Waals surface area contributed by atoms with Gasteiger partial charge >= 0.3 is 11.8 Å². The predicted molar refractivity (Wildman–Crippen MR) is 90.2 cm³/mol. The van der Waals surface area contributed by atoms with Crippen LogP contribution in [0.15, 0.2) is 46.9 Å². The fraction of sp³-hybridized carbons (Fsp3) is 0.167. The van der Waals surface area contributed by atoms with E-state index in [-0.39, 0.29) is 11.8 Å². The third-order valence-electron chi connectivity index (χ3n) is 3.68. The fourth-order valence-electron chi connectivity index (χ4n) is 2.34. The van der Waals surface area contributed by atoms with Crippen molar-refractivity contribution in [3.63, 3.8) is 0 Å². The first-order valence-electron chi connectivity index (χ1n) is 7.44. The van der Waals surface area contributed by atoms with Gasteiger partial charge in [0.1, 0.15) is 5.75 Å². The summed E-state index contributed by atoms with van der Waals surface area (Å²) in [6.07, 6.45) is 0. The number of methoxy groups -OCH3 is 1. The highest BCUT2D eigenvalue weighted by molar-refractivity contribution is 6.01. The van der Waals surface area contributed by atoms with Crippen LogP contribution in [0.3, 0.4) is 0 Å². The molecule has 0 radical (unpaired) electrons. The summed E-state index contributed by atoms with van der Waals surface area (Å²) in [4.78, 5) is 12.3. The summed E-state index contributed by atoms with van der Waals surface area (Å²) in [7, 11) is 1.59. The maximum Gasteiger partial charge on any atom is 0.313 e. The lowest BCUT2D eigenvalue weighted by Gasteiger charge is -2.09. The summed E-state index contributed by atoms with van der Waals surface area (Å²) < 4.78 is 10.6. The molecular formula is C18H17N3O3. The van der Waals surface area contributed by atoms with Crippen molar-refractivity contribution in [3.8, 4) is 17.2 Å². The molecule has 0 aliphatic rings. The van der Waals surface area contributed by atoms with Gasteiger partial charge in [-0.3, -0.25) is 4.79 Å². The second-order valence-electron chi connectivity index (χ2n) is 5.36. The van der Waals surface area contributed by atoms with E-state index in [2.05, 4.69) is 15.5 Å². The molecule has 0 saturated carbocycles. The van der Waals surface area contributed by atoms with E-state index in [9.17, 15) is 4.79 Å². The van der Waals surface area contributed by atoms with Crippen LogP contribution < -0.4 is 10.1 Å². The molecule has 2 aromatic carbocycles. The van der Waals surface area contributed by atoms with Gasteiger partial charge in [-0.25, -0.2) is 0 Å². The molecule has 0 unspecified atom stereocenters. The number of anilines is 1. The van der Waals surface area contributed by atoms with Crippen molar-refractivity contribution in [1.29, 1.82) is 0 Å². The maximum atomic E-state index is 12.3. The lowest BCUT2D eigenvalue weighted by molar-refractivity contribution is 0.0990. The second kappa shape index (κ2) is 6.54. The van der Waals surface area contributed by atoms with E-state index in [0.717, 1.165) is 28.1 Å². The van der Waals surface area contributed by atoms with E-state index in [4.69, 9.17) is 9.15 Å². The number of nitrogens with zero attached hydrogens (tertiary/aromatic N) is 2. The first kappa shape index (κ1) is 15.7. The Bertz CT molecular complexity index is 849. The zero-order valence-corrected chi connectivity index (χ0v) is 13.7. The van der Waals surface area contributed by atoms with Crippen molar-refractivity contribution in [1.82, 2.24) is 10.2 Å². The standard InChI is InChI=1S/C18H17N3O3/c1-11-5-4-6-12(2)15(11)19-16(22)18-21-20-17(24-18)13-7-9-14(23-3)10-8-13/h4-10H,1-3H3,(H,19,22). The summed E-state index contributed by atoms with van der Waals surface area (Å²) in [5.74, 6) is 0.499. The molecule has 0 saturated heterocycles. The molecule has 0 atom stereocenters. The average molecular weight is 323 g/mol. The van der Waals surface area contributed by atoms with Crippen molar-refractivity contribution < 1.29 is 13.9 Å². The first-order valence-corrected chi connectivity index (χ1v) is 7.44. The minimum Gasteiger partial charge on any atom is -0.497 e. The van der Waals surface area contributed by atoms with Crippen molar-refractivity contribution in [2.75, 3.05) is 12.4 Å². The molecule has 122 valence electrons. The van der Waals surface area contributed by atoms with Crippen LogP contribution in [0.1, 0.15) is 21.8 Å². The minimum absolute atomic E-state index is 0.0801. The number of para-hydroxylation sites is 1. The topological polar surface area (TPSA) is 77.2 Å². The van der Waals surface area contributed by atoms with Crippen LogP contribution in [0.25, 0.3) is 11.5 Å². The highest BCUT2D eigenvalue weighted by Crippen LogP contribution is 2.23. The summed E-state index contributed by atoms with van der Waals surface area (Å²) in [5.41, 5.74) is 3.41. The maximum absolute atomic E-state index is 12.3. The van der Waals surface area contributed by atoms with Gasteiger partial charge < -0.3 is 14.5 Å². The lowest BCUT2D eigenvalue weighted by Crippen LogP contribution is -2.14. The molecule has 1 aromatic heterocycles. The molecule has 0 bridgehead atoms.